The van der Waals surface area contributed by atoms with Gasteiger partial charge in [-0.1, -0.05) is 48.5 Å². The molecule has 1 heterocycles. The van der Waals surface area contributed by atoms with Crippen molar-refractivity contribution in [1.29, 1.82) is 0 Å². The van der Waals surface area contributed by atoms with E-state index in [2.05, 4.69) is 10.3 Å². The van der Waals surface area contributed by atoms with Crippen molar-refractivity contribution in [2.45, 2.75) is 6.04 Å². The summed E-state index contributed by atoms with van der Waals surface area (Å²) in [5.74, 6) is -0.255. The monoisotopic (exact) mass is 445 g/mol. The predicted molar refractivity (Wildman–Crippen MR) is 126 cm³/mol. The summed E-state index contributed by atoms with van der Waals surface area (Å²) in [5, 5.41) is 4.56. The molecule has 0 aliphatic carbocycles. The SMILES string of the molecule is NC(CN(c1cccc2ccccc12)S(=O)[O-])c1ccc(C(=O)Nc2ccncc2)cc1. The van der Waals surface area contributed by atoms with E-state index in [4.69, 9.17) is 5.73 Å². The minimum atomic E-state index is -2.50. The first-order valence-corrected chi connectivity index (χ1v) is 11.0. The number of hydrogen-bond acceptors (Lipinski definition) is 5. The van der Waals surface area contributed by atoms with Crippen LogP contribution in [0.25, 0.3) is 10.8 Å². The quantitative estimate of drug-likeness (QED) is 0.421. The van der Waals surface area contributed by atoms with Gasteiger partial charge in [0.2, 0.25) is 0 Å². The molecule has 0 saturated carbocycles. The minimum absolute atomic E-state index is 0.0622. The third-order valence-corrected chi connectivity index (χ3v) is 5.82. The van der Waals surface area contributed by atoms with E-state index in [0.717, 1.165) is 16.3 Å². The van der Waals surface area contributed by atoms with E-state index < -0.39 is 17.3 Å². The number of pyridine rings is 1. The normalized spacial score (nSPS) is 12.8. The number of amides is 1. The van der Waals surface area contributed by atoms with Crippen LogP contribution >= 0.6 is 0 Å². The molecule has 8 heteroatoms. The van der Waals surface area contributed by atoms with Gasteiger partial charge in [0.05, 0.1) is 12.2 Å². The highest BCUT2D eigenvalue weighted by Crippen LogP contribution is 2.29. The van der Waals surface area contributed by atoms with Crippen molar-refractivity contribution in [3.05, 3.63) is 102 Å². The van der Waals surface area contributed by atoms with E-state index in [9.17, 15) is 13.6 Å². The Hall–Kier alpha value is -3.59. The standard InChI is InChI=1S/C24H22N4O3S/c25-22(16-28(32(30)31)23-7-3-5-17-4-1-2-6-21(17)23)18-8-10-19(11-9-18)24(29)27-20-12-14-26-15-13-20/h1-15,22H,16,25H2,(H,30,31)(H,26,27,29)/p-1. The van der Waals surface area contributed by atoms with E-state index in [1.807, 2.05) is 36.4 Å². The van der Waals surface area contributed by atoms with Gasteiger partial charge in [0.25, 0.3) is 5.91 Å². The molecule has 0 aliphatic rings. The van der Waals surface area contributed by atoms with Crippen molar-refractivity contribution >= 4 is 39.3 Å². The van der Waals surface area contributed by atoms with Crippen LogP contribution in [-0.4, -0.2) is 26.2 Å². The lowest BCUT2D eigenvalue weighted by atomic mass is 10.0. The maximum absolute atomic E-state index is 12.4. The fraction of sp³-hybridized carbons (Fsp3) is 0.0833. The second-order valence-corrected chi connectivity index (χ2v) is 8.07. The molecule has 4 aromatic rings. The van der Waals surface area contributed by atoms with Crippen LogP contribution in [0.5, 0.6) is 0 Å². The summed E-state index contributed by atoms with van der Waals surface area (Å²) in [5.41, 5.74) is 8.75. The van der Waals surface area contributed by atoms with Crippen LogP contribution in [0.15, 0.2) is 91.3 Å². The van der Waals surface area contributed by atoms with E-state index in [1.54, 1.807) is 54.9 Å². The number of nitrogens with one attached hydrogen (secondary N) is 1. The summed E-state index contributed by atoms with van der Waals surface area (Å²) >= 11 is -2.50. The average molecular weight is 446 g/mol. The van der Waals surface area contributed by atoms with E-state index >= 15 is 0 Å². The number of carbonyl (C=O) groups excluding carboxylic acids is 1. The number of carbonyl (C=O) groups is 1. The van der Waals surface area contributed by atoms with Crippen molar-refractivity contribution in [2.24, 2.45) is 5.73 Å². The molecule has 3 aromatic carbocycles. The molecule has 3 N–H and O–H groups in total. The molecule has 2 unspecified atom stereocenters. The van der Waals surface area contributed by atoms with Gasteiger partial charge in [-0.3, -0.25) is 14.0 Å². The fourth-order valence-electron chi connectivity index (χ4n) is 3.47. The molecule has 0 fully saturated rings. The molecule has 1 amide bonds. The van der Waals surface area contributed by atoms with Crippen LogP contribution in [-0.2, 0) is 11.3 Å². The highest BCUT2D eigenvalue weighted by Gasteiger charge is 2.17. The first-order chi connectivity index (χ1) is 15.5. The minimum Gasteiger partial charge on any atom is -0.755 e. The molecule has 4 rings (SSSR count). The Morgan fingerprint density at radius 2 is 1.69 bits per heavy atom. The van der Waals surface area contributed by atoms with E-state index in [1.165, 1.54) is 4.31 Å². The lowest BCUT2D eigenvalue weighted by molar-refractivity contribution is 0.102. The maximum Gasteiger partial charge on any atom is 0.255 e. The van der Waals surface area contributed by atoms with Crippen LogP contribution in [0.3, 0.4) is 0 Å². The molecular weight excluding hydrogens is 424 g/mol. The van der Waals surface area contributed by atoms with E-state index in [0.29, 0.717) is 16.9 Å². The topological polar surface area (TPSA) is 111 Å². The third kappa shape index (κ3) is 4.83. The highest BCUT2D eigenvalue weighted by molar-refractivity contribution is 7.80. The number of nitrogens with two attached hydrogens (primary N) is 1. The molecule has 162 valence electrons. The Bertz CT molecular complexity index is 1240. The molecule has 1 aromatic heterocycles. The smallest absolute Gasteiger partial charge is 0.255 e. The molecule has 0 bridgehead atoms. The molecular formula is C24H21N4O3S-. The Balaban J connectivity index is 1.51. The van der Waals surface area contributed by atoms with Gasteiger partial charge in [-0.25, -0.2) is 0 Å². The molecule has 0 saturated heterocycles. The summed E-state index contributed by atoms with van der Waals surface area (Å²) in [7, 11) is 0. The second kappa shape index (κ2) is 9.69. The zero-order valence-corrected chi connectivity index (χ0v) is 17.9. The zero-order chi connectivity index (χ0) is 22.5. The van der Waals surface area contributed by atoms with Crippen LogP contribution < -0.4 is 15.4 Å². The lowest BCUT2D eigenvalue weighted by Gasteiger charge is -2.30. The van der Waals surface area contributed by atoms with Gasteiger partial charge in [-0.05, 0) is 41.3 Å². The largest absolute Gasteiger partial charge is 0.755 e. The Kier molecular flexibility index (Phi) is 6.55. The van der Waals surface area contributed by atoms with Gasteiger partial charge >= 0.3 is 0 Å². The number of hydrogen-bond donors (Lipinski definition) is 2. The van der Waals surface area contributed by atoms with Crippen LogP contribution in [0, 0.1) is 0 Å². The molecule has 7 nitrogen and oxygen atoms in total. The lowest BCUT2D eigenvalue weighted by Crippen LogP contribution is -2.33. The summed E-state index contributed by atoms with van der Waals surface area (Å²) in [6.07, 6.45) is 3.19. The van der Waals surface area contributed by atoms with Gasteiger partial charge in [-0.2, -0.15) is 0 Å². The number of rotatable bonds is 7. The van der Waals surface area contributed by atoms with Crippen LogP contribution in [0.4, 0.5) is 11.4 Å². The maximum atomic E-state index is 12.4. The molecule has 0 radical (unpaired) electrons. The van der Waals surface area contributed by atoms with Gasteiger partial charge in [0, 0.05) is 46.3 Å². The number of aromatic nitrogens is 1. The Morgan fingerprint density at radius 3 is 2.41 bits per heavy atom. The average Bonchev–Trinajstić information content (AvgIpc) is 2.82. The number of benzene rings is 3. The molecule has 0 aliphatic heterocycles. The van der Waals surface area contributed by atoms with Crippen LogP contribution in [0.1, 0.15) is 22.0 Å². The van der Waals surface area contributed by atoms with Crippen LogP contribution in [0.2, 0.25) is 0 Å². The van der Waals surface area contributed by atoms with Gasteiger partial charge in [0.1, 0.15) is 0 Å². The first kappa shape index (κ1) is 21.6. The van der Waals surface area contributed by atoms with Gasteiger partial charge in [0.15, 0.2) is 0 Å². The number of nitrogens with zero attached hydrogens (tertiary/aromatic N) is 2. The van der Waals surface area contributed by atoms with Crippen molar-refractivity contribution in [3.63, 3.8) is 0 Å². The molecule has 32 heavy (non-hydrogen) atoms. The summed E-state index contributed by atoms with van der Waals surface area (Å²) in [6, 6.07) is 22.7. The fourth-order valence-corrected chi connectivity index (χ4v) is 4.07. The first-order valence-electron chi connectivity index (χ1n) is 9.94. The summed E-state index contributed by atoms with van der Waals surface area (Å²) in [6.45, 7) is 0.0622. The summed E-state index contributed by atoms with van der Waals surface area (Å²) < 4.78 is 25.3. The van der Waals surface area contributed by atoms with Gasteiger partial charge < -0.3 is 19.9 Å². The summed E-state index contributed by atoms with van der Waals surface area (Å²) in [4.78, 5) is 16.3. The second-order valence-electron chi connectivity index (χ2n) is 7.19. The zero-order valence-electron chi connectivity index (χ0n) is 17.0. The van der Waals surface area contributed by atoms with Crippen molar-refractivity contribution in [2.75, 3.05) is 16.2 Å². The van der Waals surface area contributed by atoms with Crippen molar-refractivity contribution < 1.29 is 13.6 Å². The number of anilines is 2. The van der Waals surface area contributed by atoms with Crippen molar-refractivity contribution in [1.82, 2.24) is 4.98 Å². The number of fused-ring (bicyclic) bond motifs is 1. The molecule has 0 spiro atoms. The van der Waals surface area contributed by atoms with Gasteiger partial charge in [-0.15, -0.1) is 0 Å². The third-order valence-electron chi connectivity index (χ3n) is 5.12. The highest BCUT2D eigenvalue weighted by atomic mass is 32.2. The Labute approximate surface area is 188 Å². The van der Waals surface area contributed by atoms with Crippen molar-refractivity contribution in [3.8, 4) is 0 Å². The predicted octanol–water partition coefficient (Wildman–Crippen LogP) is 3.79. The molecule has 2 atom stereocenters. The Morgan fingerprint density at radius 1 is 1.00 bits per heavy atom. The van der Waals surface area contributed by atoms with E-state index in [-0.39, 0.29) is 12.5 Å².